The van der Waals surface area contributed by atoms with Gasteiger partial charge in [0.2, 0.25) is 5.92 Å². The van der Waals surface area contributed by atoms with Crippen LogP contribution >= 0.6 is 11.6 Å². The Labute approximate surface area is 108 Å². The van der Waals surface area contributed by atoms with Crippen molar-refractivity contribution < 1.29 is 23.8 Å². The minimum atomic E-state index is -2.89. The lowest BCUT2D eigenvalue weighted by atomic mass is 9.98. The quantitative estimate of drug-likeness (QED) is 0.866. The summed E-state index contributed by atoms with van der Waals surface area (Å²) in [6.45, 7) is 0.750. The Morgan fingerprint density at radius 3 is 2.61 bits per heavy atom. The highest BCUT2D eigenvalue weighted by molar-refractivity contribution is 6.30. The molecular formula is C12H13ClF2O3. The smallest absolute Gasteiger partial charge is 0.336 e. The second-order valence-electron chi connectivity index (χ2n) is 4.16. The highest BCUT2D eigenvalue weighted by Crippen LogP contribution is 2.29. The van der Waals surface area contributed by atoms with Crippen LogP contribution < -0.4 is 0 Å². The summed E-state index contributed by atoms with van der Waals surface area (Å²) in [5, 5.41) is 18.9. The highest BCUT2D eigenvalue weighted by Gasteiger charge is 2.24. The van der Waals surface area contributed by atoms with Crippen LogP contribution in [0.1, 0.15) is 41.8 Å². The van der Waals surface area contributed by atoms with Crippen molar-refractivity contribution in [1.29, 1.82) is 0 Å². The summed E-state index contributed by atoms with van der Waals surface area (Å²) in [6, 6.07) is 3.94. The Balaban J connectivity index is 2.91. The number of halogens is 3. The molecule has 0 amide bonds. The maximum absolute atomic E-state index is 12.7. The van der Waals surface area contributed by atoms with E-state index in [0.29, 0.717) is 0 Å². The van der Waals surface area contributed by atoms with Crippen molar-refractivity contribution in [2.24, 2.45) is 0 Å². The zero-order chi connectivity index (χ0) is 13.9. The van der Waals surface area contributed by atoms with Gasteiger partial charge in [-0.3, -0.25) is 0 Å². The van der Waals surface area contributed by atoms with E-state index in [0.717, 1.165) is 6.92 Å². The lowest BCUT2D eigenvalue weighted by Gasteiger charge is -2.16. The molecule has 1 aromatic carbocycles. The second kappa shape index (κ2) is 5.63. The number of carbonyl (C=O) groups is 1. The molecule has 3 nitrogen and oxygen atoms in total. The first-order valence-electron chi connectivity index (χ1n) is 5.29. The van der Waals surface area contributed by atoms with Gasteiger partial charge in [0.05, 0.1) is 11.7 Å². The van der Waals surface area contributed by atoms with Crippen LogP contribution in [0.2, 0.25) is 5.02 Å². The van der Waals surface area contributed by atoms with Crippen molar-refractivity contribution in [2.75, 3.05) is 0 Å². The topological polar surface area (TPSA) is 57.5 Å². The van der Waals surface area contributed by atoms with Crippen LogP contribution in [0.5, 0.6) is 0 Å². The summed E-state index contributed by atoms with van der Waals surface area (Å²) in [5.74, 6) is -4.15. The Bertz CT molecular complexity index is 443. The number of carboxylic acid groups (broad SMARTS) is 1. The van der Waals surface area contributed by atoms with Crippen molar-refractivity contribution in [1.82, 2.24) is 0 Å². The van der Waals surface area contributed by atoms with Gasteiger partial charge in [-0.25, -0.2) is 13.6 Å². The molecule has 0 fully saturated rings. The van der Waals surface area contributed by atoms with Crippen molar-refractivity contribution >= 4 is 17.6 Å². The Kier molecular flexibility index (Phi) is 4.65. The van der Waals surface area contributed by atoms with E-state index < -0.39 is 24.4 Å². The third-order valence-electron chi connectivity index (χ3n) is 2.46. The molecule has 1 atom stereocenters. The van der Waals surface area contributed by atoms with E-state index in [9.17, 15) is 18.7 Å². The summed E-state index contributed by atoms with van der Waals surface area (Å²) in [6.07, 6.45) is -1.99. The fraction of sp³-hybridized carbons (Fsp3) is 0.417. The number of rotatable bonds is 5. The van der Waals surface area contributed by atoms with Crippen LogP contribution in [0.3, 0.4) is 0 Å². The number of aromatic carboxylic acids is 1. The molecule has 0 aromatic heterocycles. The van der Waals surface area contributed by atoms with Crippen LogP contribution in [-0.4, -0.2) is 22.1 Å². The first-order valence-corrected chi connectivity index (χ1v) is 5.67. The monoisotopic (exact) mass is 278 g/mol. The van der Waals surface area contributed by atoms with Gasteiger partial charge in [-0.05, 0) is 31.0 Å². The maximum Gasteiger partial charge on any atom is 0.336 e. The summed E-state index contributed by atoms with van der Waals surface area (Å²) >= 11 is 5.65. The van der Waals surface area contributed by atoms with E-state index >= 15 is 0 Å². The summed E-state index contributed by atoms with van der Waals surface area (Å²) in [7, 11) is 0. The zero-order valence-corrected chi connectivity index (χ0v) is 10.4. The molecule has 100 valence electrons. The molecule has 1 unspecified atom stereocenters. The molecule has 0 saturated heterocycles. The molecule has 2 N–H and O–H groups in total. The average molecular weight is 279 g/mol. The van der Waals surface area contributed by atoms with E-state index in [-0.39, 0.29) is 22.6 Å². The normalized spacial score (nSPS) is 13.4. The third-order valence-corrected chi connectivity index (χ3v) is 2.70. The molecule has 0 aliphatic heterocycles. The second-order valence-corrected chi connectivity index (χ2v) is 4.60. The van der Waals surface area contributed by atoms with Crippen LogP contribution in [0.4, 0.5) is 8.78 Å². The van der Waals surface area contributed by atoms with Gasteiger partial charge >= 0.3 is 5.97 Å². The Hall–Kier alpha value is -1.20. The standard InChI is InChI=1S/C12H13ClF2O3/c1-12(14,15)5-4-10(16)8-3-2-7(13)6-9(8)11(17)18/h2-3,6,10,16H,4-5H2,1H3,(H,17,18). The number of aliphatic hydroxyl groups is 1. The van der Waals surface area contributed by atoms with Crippen LogP contribution in [-0.2, 0) is 0 Å². The molecule has 6 heteroatoms. The van der Waals surface area contributed by atoms with Gasteiger partial charge in [0.1, 0.15) is 0 Å². The lowest BCUT2D eigenvalue weighted by Crippen LogP contribution is -2.13. The molecule has 0 saturated carbocycles. The van der Waals surface area contributed by atoms with Crippen molar-refractivity contribution in [3.8, 4) is 0 Å². The molecule has 0 aliphatic carbocycles. The molecule has 0 radical (unpaired) electrons. The van der Waals surface area contributed by atoms with Gasteiger partial charge in [-0.15, -0.1) is 0 Å². The fourth-order valence-electron chi connectivity index (χ4n) is 1.55. The van der Waals surface area contributed by atoms with Gasteiger partial charge in [0.25, 0.3) is 0 Å². The van der Waals surface area contributed by atoms with E-state index in [4.69, 9.17) is 16.7 Å². The van der Waals surface area contributed by atoms with Crippen molar-refractivity contribution in [3.05, 3.63) is 34.3 Å². The highest BCUT2D eigenvalue weighted by atomic mass is 35.5. The molecule has 0 spiro atoms. The lowest BCUT2D eigenvalue weighted by molar-refractivity contribution is -0.00236. The molecule has 0 aliphatic rings. The van der Waals surface area contributed by atoms with Gasteiger partial charge in [0.15, 0.2) is 0 Å². The van der Waals surface area contributed by atoms with Crippen LogP contribution in [0.15, 0.2) is 18.2 Å². The molecule has 1 aromatic rings. The number of benzene rings is 1. The summed E-state index contributed by atoms with van der Waals surface area (Å²) in [5.41, 5.74) is -0.0782. The number of carboxylic acids is 1. The van der Waals surface area contributed by atoms with Crippen LogP contribution in [0, 0.1) is 0 Å². The average Bonchev–Trinajstić information content (AvgIpc) is 2.24. The van der Waals surface area contributed by atoms with Crippen molar-refractivity contribution in [3.63, 3.8) is 0 Å². The van der Waals surface area contributed by atoms with Crippen LogP contribution in [0.25, 0.3) is 0 Å². The largest absolute Gasteiger partial charge is 0.478 e. The number of aliphatic hydroxyl groups excluding tert-OH is 1. The van der Waals surface area contributed by atoms with Crippen molar-refractivity contribution in [2.45, 2.75) is 31.8 Å². The maximum atomic E-state index is 12.7. The molecule has 0 bridgehead atoms. The van der Waals surface area contributed by atoms with Gasteiger partial charge in [0, 0.05) is 11.4 Å². The molecule has 0 heterocycles. The zero-order valence-electron chi connectivity index (χ0n) is 9.66. The third kappa shape index (κ3) is 4.23. The molecular weight excluding hydrogens is 266 g/mol. The first-order chi connectivity index (χ1) is 8.20. The van der Waals surface area contributed by atoms with E-state index in [1.165, 1.54) is 18.2 Å². The number of hydrogen-bond donors (Lipinski definition) is 2. The summed E-state index contributed by atoms with van der Waals surface area (Å²) in [4.78, 5) is 11.0. The Morgan fingerprint density at radius 2 is 2.11 bits per heavy atom. The van der Waals surface area contributed by atoms with Gasteiger partial charge < -0.3 is 10.2 Å². The van der Waals surface area contributed by atoms with E-state index in [2.05, 4.69) is 0 Å². The van der Waals surface area contributed by atoms with Gasteiger partial charge in [-0.1, -0.05) is 17.7 Å². The summed E-state index contributed by atoms with van der Waals surface area (Å²) < 4.78 is 25.3. The molecule has 18 heavy (non-hydrogen) atoms. The Morgan fingerprint density at radius 1 is 1.50 bits per heavy atom. The predicted molar refractivity (Wildman–Crippen MR) is 63.2 cm³/mol. The molecule has 1 rings (SSSR count). The van der Waals surface area contributed by atoms with E-state index in [1.807, 2.05) is 0 Å². The first kappa shape index (κ1) is 14.9. The minimum Gasteiger partial charge on any atom is -0.478 e. The number of hydrogen-bond acceptors (Lipinski definition) is 2. The predicted octanol–water partition coefficient (Wildman–Crippen LogP) is 3.51. The van der Waals surface area contributed by atoms with Gasteiger partial charge in [-0.2, -0.15) is 0 Å². The minimum absolute atomic E-state index is 0.0937. The fourth-order valence-corrected chi connectivity index (χ4v) is 1.72. The number of alkyl halides is 2. The van der Waals surface area contributed by atoms with E-state index in [1.54, 1.807) is 0 Å². The SMILES string of the molecule is CC(F)(F)CCC(O)c1ccc(Cl)cc1C(=O)O.